The van der Waals surface area contributed by atoms with Crippen LogP contribution in [0.3, 0.4) is 0 Å². The summed E-state index contributed by atoms with van der Waals surface area (Å²) < 4.78 is 21.4. The summed E-state index contributed by atoms with van der Waals surface area (Å²) >= 11 is 0. The topological polar surface area (TPSA) is 61.4 Å². The average molecular weight is 261 g/mol. The zero-order valence-corrected chi connectivity index (χ0v) is 11.4. The van der Waals surface area contributed by atoms with Gasteiger partial charge in [0, 0.05) is 26.2 Å². The third kappa shape index (κ3) is 2.71. The van der Waals surface area contributed by atoms with Gasteiger partial charge in [-0.15, -0.1) is 0 Å². The molecule has 2 aliphatic heterocycles. The number of nitrogens with one attached hydrogen (secondary N) is 1. The molecule has 0 saturated carbocycles. The first-order valence-electron chi connectivity index (χ1n) is 5.95. The SMILES string of the molecule is COC(=O)C(NP(=O)(N1CC1)N1CC1)C(C)C. The number of hydrogen-bond acceptors (Lipinski definition) is 3. The lowest BCUT2D eigenvalue weighted by Gasteiger charge is -2.27. The molecule has 0 spiro atoms. The predicted molar refractivity (Wildman–Crippen MR) is 64.5 cm³/mol. The van der Waals surface area contributed by atoms with Gasteiger partial charge in [0.2, 0.25) is 0 Å². The van der Waals surface area contributed by atoms with Crippen LogP contribution in [0.15, 0.2) is 0 Å². The Kier molecular flexibility index (Phi) is 3.59. The van der Waals surface area contributed by atoms with Gasteiger partial charge in [-0.1, -0.05) is 13.8 Å². The van der Waals surface area contributed by atoms with Gasteiger partial charge >= 0.3 is 5.97 Å². The van der Waals surface area contributed by atoms with Crippen LogP contribution in [0.2, 0.25) is 0 Å². The number of nitrogens with zero attached hydrogens (tertiary/aromatic N) is 2. The molecule has 2 aliphatic rings. The standard InChI is InChI=1S/C10H20N3O3P/c1-8(2)9(10(14)16-3)11-17(15,12-4-5-12)13-6-7-13/h8-9H,4-7H2,1-3H3,(H,11,15). The van der Waals surface area contributed by atoms with E-state index in [-0.39, 0.29) is 11.9 Å². The Labute approximate surface area is 102 Å². The second-order valence-electron chi connectivity index (χ2n) is 4.83. The molecule has 0 bridgehead atoms. The maximum absolute atomic E-state index is 12.8. The van der Waals surface area contributed by atoms with Crippen LogP contribution in [-0.4, -0.2) is 54.6 Å². The Morgan fingerprint density at radius 2 is 1.71 bits per heavy atom. The van der Waals surface area contributed by atoms with E-state index in [0.29, 0.717) is 0 Å². The molecule has 0 aliphatic carbocycles. The van der Waals surface area contributed by atoms with Gasteiger partial charge in [-0.05, 0) is 5.92 Å². The molecule has 17 heavy (non-hydrogen) atoms. The number of hydrogen-bond donors (Lipinski definition) is 1. The monoisotopic (exact) mass is 261 g/mol. The molecule has 0 aromatic carbocycles. The minimum Gasteiger partial charge on any atom is -0.468 e. The van der Waals surface area contributed by atoms with Gasteiger partial charge in [0.25, 0.3) is 7.59 Å². The van der Waals surface area contributed by atoms with Gasteiger partial charge in [-0.3, -0.25) is 9.36 Å². The van der Waals surface area contributed by atoms with E-state index in [0.717, 1.165) is 26.2 Å². The largest absolute Gasteiger partial charge is 0.468 e. The maximum Gasteiger partial charge on any atom is 0.323 e. The summed E-state index contributed by atoms with van der Waals surface area (Å²) in [5.74, 6) is -0.292. The lowest BCUT2D eigenvalue weighted by molar-refractivity contribution is -0.143. The van der Waals surface area contributed by atoms with Crippen molar-refractivity contribution in [3.63, 3.8) is 0 Å². The third-order valence-electron chi connectivity index (χ3n) is 3.04. The van der Waals surface area contributed by atoms with Gasteiger partial charge in [0.1, 0.15) is 6.04 Å². The fraction of sp³-hybridized carbons (Fsp3) is 0.900. The second kappa shape index (κ2) is 4.69. The minimum absolute atomic E-state index is 0.0516. The molecule has 1 N–H and O–H groups in total. The first-order valence-corrected chi connectivity index (χ1v) is 7.57. The van der Waals surface area contributed by atoms with Gasteiger partial charge in [-0.2, -0.15) is 0 Å². The summed E-state index contributed by atoms with van der Waals surface area (Å²) in [6.45, 7) is 7.20. The molecule has 6 nitrogen and oxygen atoms in total. The number of carbonyl (C=O) groups is 1. The van der Waals surface area contributed by atoms with Gasteiger partial charge in [0.05, 0.1) is 7.11 Å². The molecular weight excluding hydrogens is 241 g/mol. The van der Waals surface area contributed by atoms with Crippen molar-refractivity contribution in [2.24, 2.45) is 5.92 Å². The third-order valence-corrected chi connectivity index (χ3v) is 5.99. The molecule has 0 radical (unpaired) electrons. The molecule has 7 heteroatoms. The lowest BCUT2D eigenvalue weighted by Crippen LogP contribution is -2.42. The summed E-state index contributed by atoms with van der Waals surface area (Å²) in [5.41, 5.74) is 0. The summed E-state index contributed by atoms with van der Waals surface area (Å²) in [4.78, 5) is 11.7. The summed E-state index contributed by atoms with van der Waals surface area (Å²) in [7, 11) is -1.34. The van der Waals surface area contributed by atoms with Gasteiger partial charge < -0.3 is 4.74 Å². The minimum atomic E-state index is -2.70. The van der Waals surface area contributed by atoms with E-state index in [4.69, 9.17) is 4.74 Å². The summed E-state index contributed by atoms with van der Waals surface area (Å²) in [6, 6.07) is -0.507. The smallest absolute Gasteiger partial charge is 0.323 e. The predicted octanol–water partition coefficient (Wildman–Crippen LogP) is 0.513. The van der Waals surface area contributed by atoms with Crippen molar-refractivity contribution >= 4 is 13.6 Å². The summed E-state index contributed by atoms with van der Waals surface area (Å²) in [6.07, 6.45) is 0. The molecule has 2 saturated heterocycles. The van der Waals surface area contributed by atoms with Crippen LogP contribution in [0.25, 0.3) is 0 Å². The van der Waals surface area contributed by atoms with Crippen molar-refractivity contribution in [3.05, 3.63) is 0 Å². The highest BCUT2D eigenvalue weighted by atomic mass is 31.2. The Morgan fingerprint density at radius 3 is 2.00 bits per heavy atom. The molecule has 2 fully saturated rings. The van der Waals surface area contributed by atoms with Crippen molar-refractivity contribution in [3.8, 4) is 0 Å². The molecule has 2 heterocycles. The fourth-order valence-corrected chi connectivity index (χ4v) is 4.47. The van der Waals surface area contributed by atoms with Crippen molar-refractivity contribution in [2.45, 2.75) is 19.9 Å². The van der Waals surface area contributed by atoms with Crippen molar-refractivity contribution in [2.75, 3.05) is 33.3 Å². The number of rotatable bonds is 6. The molecule has 98 valence electrons. The van der Waals surface area contributed by atoms with Crippen LogP contribution in [0, 0.1) is 5.92 Å². The van der Waals surface area contributed by atoms with E-state index in [9.17, 15) is 9.36 Å². The Morgan fingerprint density at radius 1 is 1.24 bits per heavy atom. The summed E-state index contributed by atoms with van der Waals surface area (Å²) in [5, 5.41) is 3.04. The molecule has 1 atom stereocenters. The highest BCUT2D eigenvalue weighted by Crippen LogP contribution is 2.57. The number of ether oxygens (including phenoxy) is 1. The van der Waals surface area contributed by atoms with E-state index < -0.39 is 13.6 Å². The van der Waals surface area contributed by atoms with E-state index >= 15 is 0 Å². The molecule has 0 aromatic heterocycles. The molecule has 0 aromatic rings. The van der Waals surface area contributed by atoms with Crippen LogP contribution in [0.5, 0.6) is 0 Å². The maximum atomic E-state index is 12.8. The number of methoxy groups -OCH3 is 1. The fourth-order valence-electron chi connectivity index (χ4n) is 1.76. The molecular formula is C10H20N3O3P. The van der Waals surface area contributed by atoms with E-state index in [1.807, 2.05) is 23.2 Å². The first kappa shape index (κ1) is 13.0. The van der Waals surface area contributed by atoms with Gasteiger partial charge in [-0.25, -0.2) is 14.4 Å². The molecule has 0 amide bonds. The molecule has 2 rings (SSSR count). The van der Waals surface area contributed by atoms with E-state index in [1.165, 1.54) is 7.11 Å². The van der Waals surface area contributed by atoms with Crippen LogP contribution < -0.4 is 5.09 Å². The van der Waals surface area contributed by atoms with Crippen LogP contribution >= 0.6 is 7.59 Å². The lowest BCUT2D eigenvalue weighted by atomic mass is 10.1. The van der Waals surface area contributed by atoms with Crippen LogP contribution in [0.4, 0.5) is 0 Å². The Balaban J connectivity index is 2.09. The zero-order chi connectivity index (χ0) is 12.6. The normalized spacial score (nSPS) is 22.6. The average Bonchev–Trinajstić information content (AvgIpc) is 3.15. The number of esters is 1. The first-order chi connectivity index (χ1) is 7.99. The van der Waals surface area contributed by atoms with Crippen molar-refractivity contribution < 1.29 is 14.1 Å². The van der Waals surface area contributed by atoms with E-state index in [1.54, 1.807) is 0 Å². The van der Waals surface area contributed by atoms with Gasteiger partial charge in [0.15, 0.2) is 0 Å². The quantitative estimate of drug-likeness (QED) is 0.427. The van der Waals surface area contributed by atoms with E-state index in [2.05, 4.69) is 5.09 Å². The Bertz CT molecular complexity index is 337. The van der Waals surface area contributed by atoms with Crippen LogP contribution in [-0.2, 0) is 14.1 Å². The van der Waals surface area contributed by atoms with Crippen molar-refractivity contribution in [1.29, 1.82) is 0 Å². The molecule has 1 unspecified atom stereocenters. The highest BCUT2D eigenvalue weighted by Gasteiger charge is 2.50. The second-order valence-corrected chi connectivity index (χ2v) is 7.30. The highest BCUT2D eigenvalue weighted by molar-refractivity contribution is 7.57. The number of carbonyl (C=O) groups excluding carboxylic acids is 1. The van der Waals surface area contributed by atoms with Crippen LogP contribution in [0.1, 0.15) is 13.8 Å². The Hall–Kier alpha value is -0.420. The zero-order valence-electron chi connectivity index (χ0n) is 10.5. The van der Waals surface area contributed by atoms with Crippen molar-refractivity contribution in [1.82, 2.24) is 14.4 Å².